The van der Waals surface area contributed by atoms with Crippen LogP contribution in [0.5, 0.6) is 0 Å². The van der Waals surface area contributed by atoms with Gasteiger partial charge in [0, 0.05) is 18.1 Å². The van der Waals surface area contributed by atoms with E-state index in [9.17, 15) is 9.18 Å². The summed E-state index contributed by atoms with van der Waals surface area (Å²) in [4.78, 5) is 13.8. The molecule has 2 aromatic rings. The second-order valence-corrected chi connectivity index (χ2v) is 5.64. The molecule has 22 heavy (non-hydrogen) atoms. The first-order chi connectivity index (χ1) is 10.5. The van der Waals surface area contributed by atoms with Crippen LogP contribution < -0.4 is 5.32 Å². The quantitative estimate of drug-likeness (QED) is 0.886. The van der Waals surface area contributed by atoms with Crippen molar-refractivity contribution in [2.24, 2.45) is 0 Å². The standard InChI is InChI=1S/C17H18ClFN2O/c1-21(11-14-2-6-15(18)7-3-14)12-17(22)20-10-13-4-8-16(19)9-5-13/h2-9H,10-12H2,1H3,(H,20,22). The highest BCUT2D eigenvalue weighted by Crippen LogP contribution is 2.10. The lowest BCUT2D eigenvalue weighted by atomic mass is 10.2. The number of hydrogen-bond acceptors (Lipinski definition) is 2. The van der Waals surface area contributed by atoms with Crippen molar-refractivity contribution >= 4 is 17.5 Å². The molecule has 0 aromatic heterocycles. The second-order valence-electron chi connectivity index (χ2n) is 5.20. The van der Waals surface area contributed by atoms with Gasteiger partial charge in [-0.3, -0.25) is 9.69 Å². The molecule has 0 radical (unpaired) electrons. The predicted octanol–water partition coefficient (Wildman–Crippen LogP) is 3.23. The molecule has 0 aliphatic carbocycles. The number of nitrogens with one attached hydrogen (secondary N) is 1. The molecule has 0 aliphatic heterocycles. The maximum absolute atomic E-state index is 12.8. The summed E-state index contributed by atoms with van der Waals surface area (Å²) in [5, 5.41) is 3.52. The van der Waals surface area contributed by atoms with E-state index in [1.807, 2.05) is 36.2 Å². The number of amides is 1. The van der Waals surface area contributed by atoms with Gasteiger partial charge < -0.3 is 5.32 Å². The van der Waals surface area contributed by atoms with Gasteiger partial charge >= 0.3 is 0 Å². The minimum atomic E-state index is -0.280. The molecule has 3 nitrogen and oxygen atoms in total. The van der Waals surface area contributed by atoms with Gasteiger partial charge in [-0.15, -0.1) is 0 Å². The van der Waals surface area contributed by atoms with E-state index in [-0.39, 0.29) is 11.7 Å². The fourth-order valence-electron chi connectivity index (χ4n) is 2.06. The molecule has 2 aromatic carbocycles. The molecule has 0 saturated carbocycles. The monoisotopic (exact) mass is 320 g/mol. The summed E-state index contributed by atoms with van der Waals surface area (Å²) in [5.74, 6) is -0.349. The summed E-state index contributed by atoms with van der Waals surface area (Å²) < 4.78 is 12.8. The largest absolute Gasteiger partial charge is 0.351 e. The zero-order chi connectivity index (χ0) is 15.9. The molecule has 0 atom stereocenters. The number of benzene rings is 2. The van der Waals surface area contributed by atoms with Crippen LogP contribution in [0.25, 0.3) is 0 Å². The first kappa shape index (κ1) is 16.5. The predicted molar refractivity (Wildman–Crippen MR) is 86.0 cm³/mol. The summed E-state index contributed by atoms with van der Waals surface area (Å²) in [5.41, 5.74) is 1.97. The maximum Gasteiger partial charge on any atom is 0.234 e. The van der Waals surface area contributed by atoms with Crippen LogP contribution in [-0.4, -0.2) is 24.4 Å². The van der Waals surface area contributed by atoms with Gasteiger partial charge in [-0.25, -0.2) is 4.39 Å². The van der Waals surface area contributed by atoms with Crippen LogP contribution in [0.4, 0.5) is 4.39 Å². The van der Waals surface area contributed by atoms with Gasteiger partial charge in [-0.2, -0.15) is 0 Å². The Hall–Kier alpha value is -1.91. The van der Waals surface area contributed by atoms with Crippen molar-refractivity contribution in [2.75, 3.05) is 13.6 Å². The molecule has 1 amide bonds. The molecule has 116 valence electrons. The summed E-state index contributed by atoms with van der Waals surface area (Å²) in [6.07, 6.45) is 0. The van der Waals surface area contributed by atoms with Crippen molar-refractivity contribution in [1.82, 2.24) is 10.2 Å². The minimum Gasteiger partial charge on any atom is -0.351 e. The molecule has 0 heterocycles. The number of nitrogens with zero attached hydrogens (tertiary/aromatic N) is 1. The van der Waals surface area contributed by atoms with Crippen molar-refractivity contribution in [3.05, 3.63) is 70.5 Å². The Labute approximate surface area is 134 Å². The van der Waals surface area contributed by atoms with Crippen LogP contribution in [0, 0.1) is 5.82 Å². The average molecular weight is 321 g/mol. The maximum atomic E-state index is 12.8. The van der Waals surface area contributed by atoms with Crippen LogP contribution in [-0.2, 0) is 17.9 Å². The van der Waals surface area contributed by atoms with Crippen LogP contribution in [0.3, 0.4) is 0 Å². The Bertz CT molecular complexity index is 614. The third kappa shape index (κ3) is 5.47. The summed E-state index contributed by atoms with van der Waals surface area (Å²) in [6, 6.07) is 13.6. The topological polar surface area (TPSA) is 32.3 Å². The lowest BCUT2D eigenvalue weighted by Gasteiger charge is -2.16. The van der Waals surface area contributed by atoms with E-state index in [1.54, 1.807) is 12.1 Å². The van der Waals surface area contributed by atoms with Crippen LogP contribution in [0.15, 0.2) is 48.5 Å². The number of likely N-dealkylation sites (N-methyl/N-ethyl adjacent to an activating group) is 1. The molecule has 2 rings (SSSR count). The second kappa shape index (κ2) is 7.92. The Kier molecular flexibility index (Phi) is 5.92. The van der Waals surface area contributed by atoms with Gasteiger partial charge in [0.1, 0.15) is 5.82 Å². The average Bonchev–Trinajstić information content (AvgIpc) is 2.49. The molecule has 0 unspecified atom stereocenters. The van der Waals surface area contributed by atoms with E-state index in [1.165, 1.54) is 12.1 Å². The smallest absolute Gasteiger partial charge is 0.234 e. The number of carbonyl (C=O) groups excluding carboxylic acids is 1. The van der Waals surface area contributed by atoms with E-state index in [4.69, 9.17) is 11.6 Å². The molecule has 1 N–H and O–H groups in total. The summed E-state index contributed by atoms with van der Waals surface area (Å²) >= 11 is 5.84. The van der Waals surface area contributed by atoms with Gasteiger partial charge in [0.15, 0.2) is 0 Å². The first-order valence-corrected chi connectivity index (χ1v) is 7.35. The molecule has 0 spiro atoms. The molecular formula is C17H18ClFN2O. The van der Waals surface area contributed by atoms with Gasteiger partial charge in [0.25, 0.3) is 0 Å². The minimum absolute atomic E-state index is 0.0687. The van der Waals surface area contributed by atoms with Crippen molar-refractivity contribution in [3.63, 3.8) is 0 Å². The zero-order valence-electron chi connectivity index (χ0n) is 12.4. The number of carbonyl (C=O) groups is 1. The van der Waals surface area contributed by atoms with E-state index >= 15 is 0 Å². The van der Waals surface area contributed by atoms with Gasteiger partial charge in [0.2, 0.25) is 5.91 Å². The third-order valence-electron chi connectivity index (χ3n) is 3.18. The highest BCUT2D eigenvalue weighted by Gasteiger charge is 2.07. The Balaban J connectivity index is 1.76. The van der Waals surface area contributed by atoms with Crippen molar-refractivity contribution in [2.45, 2.75) is 13.1 Å². The third-order valence-corrected chi connectivity index (χ3v) is 3.43. The van der Waals surface area contributed by atoms with Gasteiger partial charge in [0.05, 0.1) is 6.54 Å². The Morgan fingerprint density at radius 3 is 2.32 bits per heavy atom. The van der Waals surface area contributed by atoms with Crippen molar-refractivity contribution in [1.29, 1.82) is 0 Å². The van der Waals surface area contributed by atoms with Gasteiger partial charge in [-0.05, 0) is 42.4 Å². The molecule has 0 fully saturated rings. The molecule has 0 aliphatic rings. The van der Waals surface area contributed by atoms with Crippen molar-refractivity contribution in [3.8, 4) is 0 Å². The van der Waals surface area contributed by atoms with Crippen LogP contribution in [0.1, 0.15) is 11.1 Å². The Morgan fingerprint density at radius 2 is 1.68 bits per heavy atom. The summed E-state index contributed by atoms with van der Waals surface area (Å²) in [7, 11) is 1.88. The summed E-state index contributed by atoms with van der Waals surface area (Å²) in [6.45, 7) is 1.36. The fourth-order valence-corrected chi connectivity index (χ4v) is 2.19. The highest BCUT2D eigenvalue weighted by molar-refractivity contribution is 6.30. The first-order valence-electron chi connectivity index (χ1n) is 6.97. The Morgan fingerprint density at radius 1 is 1.09 bits per heavy atom. The fraction of sp³-hybridized carbons (Fsp3) is 0.235. The number of rotatable bonds is 6. The number of halogens is 2. The normalized spacial score (nSPS) is 10.7. The van der Waals surface area contributed by atoms with Gasteiger partial charge in [-0.1, -0.05) is 35.9 Å². The van der Waals surface area contributed by atoms with E-state index in [0.717, 1.165) is 11.1 Å². The van der Waals surface area contributed by atoms with Crippen molar-refractivity contribution < 1.29 is 9.18 Å². The van der Waals surface area contributed by atoms with E-state index < -0.39 is 0 Å². The lowest BCUT2D eigenvalue weighted by Crippen LogP contribution is -2.34. The SMILES string of the molecule is CN(CC(=O)NCc1ccc(F)cc1)Cc1ccc(Cl)cc1. The van der Waals surface area contributed by atoms with Crippen LogP contribution in [0.2, 0.25) is 5.02 Å². The molecular weight excluding hydrogens is 303 g/mol. The van der Waals surface area contributed by atoms with Crippen LogP contribution >= 0.6 is 11.6 Å². The lowest BCUT2D eigenvalue weighted by molar-refractivity contribution is -0.122. The zero-order valence-corrected chi connectivity index (χ0v) is 13.1. The molecule has 0 saturated heterocycles. The van der Waals surface area contributed by atoms with E-state index in [0.29, 0.717) is 24.7 Å². The molecule has 0 bridgehead atoms. The molecule has 5 heteroatoms. The number of hydrogen-bond donors (Lipinski definition) is 1. The van der Waals surface area contributed by atoms with E-state index in [2.05, 4.69) is 5.32 Å². The highest BCUT2D eigenvalue weighted by atomic mass is 35.5.